The number of carbonyl (C=O) groups excluding carboxylic acids is 2. The lowest BCUT2D eigenvalue weighted by molar-refractivity contribution is -0.140. The van der Waals surface area contributed by atoms with Gasteiger partial charge in [0.1, 0.15) is 5.78 Å². The van der Waals surface area contributed by atoms with Crippen LogP contribution in [0, 0.1) is 5.92 Å². The molecule has 1 aliphatic rings. The summed E-state index contributed by atoms with van der Waals surface area (Å²) < 4.78 is 24.0. The van der Waals surface area contributed by atoms with Gasteiger partial charge in [-0.3, -0.25) is 9.59 Å². The van der Waals surface area contributed by atoms with Crippen molar-refractivity contribution in [3.05, 3.63) is 0 Å². The van der Waals surface area contributed by atoms with E-state index in [-0.39, 0.29) is 12.2 Å². The third-order valence-electron chi connectivity index (χ3n) is 2.36. The molecule has 0 aliphatic heterocycles. The summed E-state index contributed by atoms with van der Waals surface area (Å²) in [6.45, 7) is 0. The molecule has 74 valence electrons. The number of halogens is 2. The van der Waals surface area contributed by atoms with Crippen molar-refractivity contribution in [3.8, 4) is 0 Å². The summed E-state index contributed by atoms with van der Waals surface area (Å²) in [4.78, 5) is 22.1. The monoisotopic (exact) mass is 190 g/mol. The topological polar surface area (TPSA) is 34.1 Å². The van der Waals surface area contributed by atoms with Gasteiger partial charge in [0.15, 0.2) is 0 Å². The van der Waals surface area contributed by atoms with Gasteiger partial charge in [0.2, 0.25) is 5.78 Å². The second-order valence-corrected chi connectivity index (χ2v) is 3.32. The van der Waals surface area contributed by atoms with Gasteiger partial charge in [-0.2, -0.15) is 0 Å². The Kier molecular flexibility index (Phi) is 3.51. The van der Waals surface area contributed by atoms with Crippen molar-refractivity contribution in [2.24, 2.45) is 5.92 Å². The third kappa shape index (κ3) is 2.57. The van der Waals surface area contributed by atoms with Gasteiger partial charge in [-0.15, -0.1) is 0 Å². The molecule has 0 aromatic rings. The second-order valence-electron chi connectivity index (χ2n) is 3.32. The first-order valence-electron chi connectivity index (χ1n) is 4.47. The molecular formula is C9H12F2O2. The molecule has 4 heteroatoms. The standard InChI is InChI=1S/C9H12F2O2/c10-9(11)8(13)6-4-2-1-3-5-7(6)12/h6,9H,1-5H2/t6-/m0/s1. The SMILES string of the molecule is O=C1CCCCC[C@@H]1C(=O)C(F)F. The highest BCUT2D eigenvalue weighted by molar-refractivity contribution is 6.03. The maximum atomic E-state index is 12.0. The maximum absolute atomic E-state index is 12.0. The van der Waals surface area contributed by atoms with E-state index in [1.807, 2.05) is 0 Å². The van der Waals surface area contributed by atoms with Crippen molar-refractivity contribution in [3.63, 3.8) is 0 Å². The number of alkyl halides is 2. The molecule has 0 N–H and O–H groups in total. The zero-order valence-electron chi connectivity index (χ0n) is 7.26. The van der Waals surface area contributed by atoms with Gasteiger partial charge in [0.25, 0.3) is 6.43 Å². The minimum Gasteiger partial charge on any atom is -0.299 e. The van der Waals surface area contributed by atoms with Gasteiger partial charge in [-0.1, -0.05) is 12.8 Å². The van der Waals surface area contributed by atoms with E-state index in [2.05, 4.69) is 0 Å². The summed E-state index contributed by atoms with van der Waals surface area (Å²) >= 11 is 0. The molecule has 0 bridgehead atoms. The summed E-state index contributed by atoms with van der Waals surface area (Å²) in [5.41, 5.74) is 0. The summed E-state index contributed by atoms with van der Waals surface area (Å²) in [7, 11) is 0. The van der Waals surface area contributed by atoms with Crippen LogP contribution < -0.4 is 0 Å². The Labute approximate surface area is 75.3 Å². The first-order chi connectivity index (χ1) is 6.13. The van der Waals surface area contributed by atoms with Gasteiger partial charge >= 0.3 is 0 Å². The largest absolute Gasteiger partial charge is 0.299 e. The van der Waals surface area contributed by atoms with Crippen LogP contribution in [0.4, 0.5) is 8.78 Å². The molecule has 0 radical (unpaired) electrons. The van der Waals surface area contributed by atoms with Crippen LogP contribution >= 0.6 is 0 Å². The van der Waals surface area contributed by atoms with Crippen LogP contribution in [0.25, 0.3) is 0 Å². The number of hydrogen-bond donors (Lipinski definition) is 0. The Hall–Kier alpha value is -0.800. The van der Waals surface area contributed by atoms with Crippen molar-refractivity contribution >= 4 is 11.6 Å². The molecule has 1 aliphatic carbocycles. The maximum Gasteiger partial charge on any atom is 0.296 e. The lowest BCUT2D eigenvalue weighted by Crippen LogP contribution is -2.28. The van der Waals surface area contributed by atoms with E-state index in [0.717, 1.165) is 12.8 Å². The number of hydrogen-bond acceptors (Lipinski definition) is 2. The van der Waals surface area contributed by atoms with Crippen LogP contribution in [0.5, 0.6) is 0 Å². The Morgan fingerprint density at radius 3 is 2.62 bits per heavy atom. The van der Waals surface area contributed by atoms with E-state index in [1.54, 1.807) is 0 Å². The summed E-state index contributed by atoms with van der Waals surface area (Å²) in [5.74, 6) is -2.52. The Bertz CT molecular complexity index is 214. The molecule has 0 unspecified atom stereocenters. The van der Waals surface area contributed by atoms with Crippen LogP contribution in [0.15, 0.2) is 0 Å². The lowest BCUT2D eigenvalue weighted by Gasteiger charge is -2.09. The van der Waals surface area contributed by atoms with E-state index >= 15 is 0 Å². The van der Waals surface area contributed by atoms with Crippen molar-refractivity contribution in [2.75, 3.05) is 0 Å². The zero-order valence-corrected chi connectivity index (χ0v) is 7.26. The fourth-order valence-electron chi connectivity index (χ4n) is 1.61. The average Bonchev–Trinajstić information content (AvgIpc) is 2.28. The molecule has 0 amide bonds. The smallest absolute Gasteiger partial charge is 0.296 e. The molecule has 0 aromatic heterocycles. The zero-order chi connectivity index (χ0) is 9.84. The number of carbonyl (C=O) groups is 2. The van der Waals surface area contributed by atoms with E-state index in [0.29, 0.717) is 12.8 Å². The second kappa shape index (κ2) is 4.44. The van der Waals surface area contributed by atoms with Gasteiger partial charge in [0.05, 0.1) is 5.92 Å². The van der Waals surface area contributed by atoms with Crippen LogP contribution in [0.1, 0.15) is 32.1 Å². The Morgan fingerprint density at radius 1 is 1.31 bits per heavy atom. The average molecular weight is 190 g/mol. The fourth-order valence-corrected chi connectivity index (χ4v) is 1.61. The molecule has 2 nitrogen and oxygen atoms in total. The highest BCUT2D eigenvalue weighted by Gasteiger charge is 2.32. The first-order valence-corrected chi connectivity index (χ1v) is 4.47. The molecule has 1 saturated carbocycles. The van der Waals surface area contributed by atoms with Gasteiger partial charge < -0.3 is 0 Å². The van der Waals surface area contributed by atoms with E-state index < -0.39 is 18.1 Å². The fraction of sp³-hybridized carbons (Fsp3) is 0.778. The van der Waals surface area contributed by atoms with E-state index in [9.17, 15) is 18.4 Å². The van der Waals surface area contributed by atoms with E-state index in [4.69, 9.17) is 0 Å². The predicted octanol–water partition coefficient (Wildman–Crippen LogP) is 1.97. The van der Waals surface area contributed by atoms with Gasteiger partial charge in [-0.25, -0.2) is 8.78 Å². The minimum absolute atomic E-state index is 0.281. The Morgan fingerprint density at radius 2 is 2.00 bits per heavy atom. The summed E-state index contributed by atoms with van der Waals surface area (Å²) in [6.07, 6.45) is -0.114. The molecule has 0 saturated heterocycles. The van der Waals surface area contributed by atoms with Crippen molar-refractivity contribution in [1.29, 1.82) is 0 Å². The third-order valence-corrected chi connectivity index (χ3v) is 2.36. The molecule has 1 rings (SSSR count). The molecule has 0 heterocycles. The quantitative estimate of drug-likeness (QED) is 0.492. The van der Waals surface area contributed by atoms with Crippen molar-refractivity contribution in [1.82, 2.24) is 0 Å². The predicted molar refractivity (Wildman–Crippen MR) is 42.6 cm³/mol. The van der Waals surface area contributed by atoms with Crippen molar-refractivity contribution in [2.45, 2.75) is 38.5 Å². The normalized spacial score (nSPS) is 24.5. The minimum atomic E-state index is -2.99. The number of ketones is 2. The molecule has 1 fully saturated rings. The number of rotatable bonds is 2. The number of Topliss-reactive ketones (excluding diaryl/α,β-unsaturated/α-hetero) is 2. The van der Waals surface area contributed by atoms with E-state index in [1.165, 1.54) is 0 Å². The highest BCUT2D eigenvalue weighted by atomic mass is 19.3. The van der Waals surface area contributed by atoms with Gasteiger partial charge in [-0.05, 0) is 12.8 Å². The van der Waals surface area contributed by atoms with Crippen LogP contribution in [0.3, 0.4) is 0 Å². The van der Waals surface area contributed by atoms with Crippen LogP contribution in [0.2, 0.25) is 0 Å². The summed E-state index contributed by atoms with van der Waals surface area (Å²) in [6, 6.07) is 0. The lowest BCUT2D eigenvalue weighted by atomic mass is 9.94. The first kappa shape index (κ1) is 10.3. The molecule has 0 spiro atoms. The summed E-state index contributed by atoms with van der Waals surface area (Å²) in [5, 5.41) is 0. The molecule has 0 aromatic carbocycles. The molecular weight excluding hydrogens is 178 g/mol. The van der Waals surface area contributed by atoms with Crippen molar-refractivity contribution < 1.29 is 18.4 Å². The highest BCUT2D eigenvalue weighted by Crippen LogP contribution is 2.22. The van der Waals surface area contributed by atoms with Crippen LogP contribution in [-0.4, -0.2) is 18.0 Å². The Balaban J connectivity index is 2.64. The van der Waals surface area contributed by atoms with Crippen LogP contribution in [-0.2, 0) is 9.59 Å². The molecule has 13 heavy (non-hydrogen) atoms. The van der Waals surface area contributed by atoms with Gasteiger partial charge in [0, 0.05) is 6.42 Å². The molecule has 1 atom stereocenters.